The number of hydrogen-bond acceptors (Lipinski definition) is 7. The molecule has 10 heteroatoms. The van der Waals surface area contributed by atoms with Crippen molar-refractivity contribution in [1.29, 1.82) is 0 Å². The molecule has 0 aliphatic carbocycles. The smallest absolute Gasteiger partial charge is 0.312 e. The van der Waals surface area contributed by atoms with Gasteiger partial charge < -0.3 is 29.1 Å². The van der Waals surface area contributed by atoms with Crippen LogP contribution in [0.5, 0.6) is 5.75 Å². The molecule has 3 saturated heterocycles. The maximum absolute atomic E-state index is 14.6. The number of fused-ring (bicyclic) bond motifs is 1. The number of hydrogen-bond donors (Lipinski definition) is 1. The summed E-state index contributed by atoms with van der Waals surface area (Å²) in [4.78, 5) is 44.8. The molecule has 1 spiro atoms. The van der Waals surface area contributed by atoms with E-state index in [1.807, 2.05) is 13.8 Å². The van der Waals surface area contributed by atoms with Crippen molar-refractivity contribution < 1.29 is 33.7 Å². The number of alkyl halides is 1. The summed E-state index contributed by atoms with van der Waals surface area (Å²) in [5.41, 5.74) is -0.631. The molecule has 1 unspecified atom stereocenters. The van der Waals surface area contributed by atoms with Crippen LogP contribution in [0, 0.1) is 17.8 Å². The molecule has 38 heavy (non-hydrogen) atoms. The molecule has 3 aliphatic rings. The van der Waals surface area contributed by atoms with E-state index in [0.29, 0.717) is 24.3 Å². The van der Waals surface area contributed by atoms with E-state index in [1.54, 1.807) is 49.3 Å². The van der Waals surface area contributed by atoms with Crippen molar-refractivity contribution >= 4 is 39.4 Å². The molecular weight excluding hydrogens is 556 g/mol. The van der Waals surface area contributed by atoms with Crippen molar-refractivity contribution in [2.75, 3.05) is 31.8 Å². The SMILES string of the molecule is C=CCN(C(=O)[C@@H]1N([C@@H](CO)[C@@H](C)CC)C(=O)[C@H]2[C@H](C(=O)OCC)[C@H]3O[C@@]12CC3Br)c1ccc(OC)cc1. The van der Waals surface area contributed by atoms with E-state index in [4.69, 9.17) is 14.2 Å². The molecular formula is C28H37BrN2O7. The molecule has 1 aromatic rings. The van der Waals surface area contributed by atoms with Crippen molar-refractivity contribution in [1.82, 2.24) is 4.90 Å². The first kappa shape index (κ1) is 28.6. The normalized spacial score (nSPS) is 31.1. The van der Waals surface area contributed by atoms with Gasteiger partial charge in [0.25, 0.3) is 5.91 Å². The Kier molecular flexibility index (Phi) is 8.54. The summed E-state index contributed by atoms with van der Waals surface area (Å²) in [6.45, 7) is 9.52. The van der Waals surface area contributed by atoms with Crippen molar-refractivity contribution in [3.63, 3.8) is 0 Å². The highest BCUT2D eigenvalue weighted by Crippen LogP contribution is 2.61. The maximum Gasteiger partial charge on any atom is 0.312 e. The van der Waals surface area contributed by atoms with Gasteiger partial charge in [-0.15, -0.1) is 6.58 Å². The lowest BCUT2D eigenvalue weighted by molar-refractivity contribution is -0.155. The zero-order valence-corrected chi connectivity index (χ0v) is 23.9. The summed E-state index contributed by atoms with van der Waals surface area (Å²) in [6.07, 6.45) is 2.09. The number of halogens is 1. The van der Waals surface area contributed by atoms with Crippen LogP contribution in [-0.4, -0.2) is 83.3 Å². The molecule has 1 aromatic carbocycles. The van der Waals surface area contributed by atoms with Crippen LogP contribution >= 0.6 is 15.9 Å². The maximum atomic E-state index is 14.6. The van der Waals surface area contributed by atoms with Gasteiger partial charge in [-0.3, -0.25) is 14.4 Å². The minimum absolute atomic E-state index is 0.0960. The highest BCUT2D eigenvalue weighted by atomic mass is 79.9. The van der Waals surface area contributed by atoms with Crippen molar-refractivity contribution in [3.8, 4) is 5.75 Å². The molecule has 3 fully saturated rings. The molecule has 8 atom stereocenters. The Morgan fingerprint density at radius 1 is 1.34 bits per heavy atom. The van der Waals surface area contributed by atoms with Crippen LogP contribution < -0.4 is 9.64 Å². The monoisotopic (exact) mass is 592 g/mol. The standard InChI is InChI=1S/C28H37BrN2O7/c1-6-13-30(17-9-11-18(36-5)12-10-17)26(34)24-28-14-19(29)23(38-28)21(27(35)37-8-3)22(28)25(33)31(24)20(15-32)16(4)7-2/h6,9-12,16,19-24,32H,1,7-8,13-15H2,2-5H3/t16-,19?,20-,21-,22+,23-,24-,28+/m0/s1. The minimum atomic E-state index is -1.24. The molecule has 4 rings (SSSR count). The van der Waals surface area contributed by atoms with Crippen LogP contribution in [0.4, 0.5) is 5.69 Å². The highest BCUT2D eigenvalue weighted by Gasteiger charge is 2.77. The molecule has 2 bridgehead atoms. The minimum Gasteiger partial charge on any atom is -0.497 e. The van der Waals surface area contributed by atoms with Crippen LogP contribution in [0.1, 0.15) is 33.6 Å². The summed E-state index contributed by atoms with van der Waals surface area (Å²) < 4.78 is 17.2. The Bertz CT molecular complexity index is 1070. The average molecular weight is 594 g/mol. The van der Waals surface area contributed by atoms with Gasteiger partial charge >= 0.3 is 5.97 Å². The Balaban J connectivity index is 1.85. The first-order valence-corrected chi connectivity index (χ1v) is 14.1. The van der Waals surface area contributed by atoms with Gasteiger partial charge in [-0.2, -0.15) is 0 Å². The number of aliphatic hydroxyl groups is 1. The molecule has 3 heterocycles. The number of methoxy groups -OCH3 is 1. The molecule has 0 radical (unpaired) electrons. The Hall–Kier alpha value is -2.43. The number of esters is 1. The van der Waals surface area contributed by atoms with Gasteiger partial charge in [0.15, 0.2) is 0 Å². The van der Waals surface area contributed by atoms with Gasteiger partial charge in [0.1, 0.15) is 17.4 Å². The van der Waals surface area contributed by atoms with Crippen LogP contribution in [-0.2, 0) is 23.9 Å². The molecule has 0 saturated carbocycles. The van der Waals surface area contributed by atoms with E-state index < -0.39 is 41.6 Å². The van der Waals surface area contributed by atoms with Crippen LogP contribution in [0.2, 0.25) is 0 Å². The van der Waals surface area contributed by atoms with Crippen molar-refractivity contribution in [2.45, 2.75) is 62.2 Å². The fourth-order valence-corrected chi connectivity index (χ4v) is 7.33. The molecule has 2 amide bonds. The number of carbonyl (C=O) groups is 3. The number of amides is 2. The number of likely N-dealkylation sites (tertiary alicyclic amines) is 1. The summed E-state index contributed by atoms with van der Waals surface area (Å²) in [7, 11) is 1.57. The average Bonchev–Trinajstić information content (AvgIpc) is 3.51. The van der Waals surface area contributed by atoms with Gasteiger partial charge in [0.05, 0.1) is 44.3 Å². The number of rotatable bonds is 11. The largest absolute Gasteiger partial charge is 0.497 e. The molecule has 9 nitrogen and oxygen atoms in total. The van der Waals surface area contributed by atoms with Gasteiger partial charge in [-0.1, -0.05) is 42.3 Å². The van der Waals surface area contributed by atoms with E-state index in [-0.39, 0.29) is 42.3 Å². The second-order valence-corrected chi connectivity index (χ2v) is 11.4. The Morgan fingerprint density at radius 2 is 2.03 bits per heavy atom. The van der Waals surface area contributed by atoms with Gasteiger partial charge in [0.2, 0.25) is 5.91 Å². The summed E-state index contributed by atoms with van der Waals surface area (Å²) in [6, 6.07) is 5.40. The van der Waals surface area contributed by atoms with Crippen molar-refractivity contribution in [2.24, 2.45) is 17.8 Å². The van der Waals surface area contributed by atoms with E-state index >= 15 is 0 Å². The summed E-state index contributed by atoms with van der Waals surface area (Å²) >= 11 is 3.66. The van der Waals surface area contributed by atoms with Gasteiger partial charge in [0, 0.05) is 17.1 Å². The van der Waals surface area contributed by atoms with Gasteiger partial charge in [-0.25, -0.2) is 0 Å². The lowest BCUT2D eigenvalue weighted by Gasteiger charge is -2.41. The summed E-state index contributed by atoms with van der Waals surface area (Å²) in [5, 5.41) is 10.5. The van der Waals surface area contributed by atoms with E-state index in [2.05, 4.69) is 22.5 Å². The van der Waals surface area contributed by atoms with E-state index in [0.717, 1.165) is 0 Å². The van der Waals surface area contributed by atoms with Crippen LogP contribution in [0.25, 0.3) is 0 Å². The predicted octanol–water partition coefficient (Wildman–Crippen LogP) is 2.93. The molecule has 3 aliphatic heterocycles. The third-order valence-corrected chi connectivity index (χ3v) is 9.17. The van der Waals surface area contributed by atoms with Crippen LogP contribution in [0.3, 0.4) is 0 Å². The first-order valence-electron chi connectivity index (χ1n) is 13.2. The lowest BCUT2D eigenvalue weighted by Crippen LogP contribution is -2.60. The second kappa shape index (κ2) is 11.4. The summed E-state index contributed by atoms with van der Waals surface area (Å²) in [5.74, 6) is -2.38. The van der Waals surface area contributed by atoms with Gasteiger partial charge in [-0.05, 0) is 43.5 Å². The number of anilines is 1. The quantitative estimate of drug-likeness (QED) is 0.239. The van der Waals surface area contributed by atoms with Crippen LogP contribution in [0.15, 0.2) is 36.9 Å². The number of carbonyl (C=O) groups excluding carboxylic acids is 3. The van der Waals surface area contributed by atoms with E-state index in [9.17, 15) is 19.5 Å². The number of aliphatic hydroxyl groups excluding tert-OH is 1. The number of benzene rings is 1. The van der Waals surface area contributed by atoms with Crippen molar-refractivity contribution in [3.05, 3.63) is 36.9 Å². The molecule has 1 N–H and O–H groups in total. The third kappa shape index (κ3) is 4.44. The zero-order valence-electron chi connectivity index (χ0n) is 22.3. The topological polar surface area (TPSA) is 106 Å². The fourth-order valence-electron chi connectivity index (χ4n) is 6.39. The predicted molar refractivity (Wildman–Crippen MR) is 145 cm³/mol. The molecule has 208 valence electrons. The second-order valence-electron chi connectivity index (χ2n) is 10.2. The lowest BCUT2D eigenvalue weighted by atomic mass is 9.70. The third-order valence-electron chi connectivity index (χ3n) is 8.33. The Labute approximate surface area is 232 Å². The highest BCUT2D eigenvalue weighted by molar-refractivity contribution is 9.09. The number of nitrogens with zero attached hydrogens (tertiary/aromatic N) is 2. The zero-order chi connectivity index (χ0) is 27.8. The first-order chi connectivity index (χ1) is 18.2. The Morgan fingerprint density at radius 3 is 2.58 bits per heavy atom. The fraction of sp³-hybridized carbons (Fsp3) is 0.607. The molecule has 0 aromatic heterocycles. The van der Waals surface area contributed by atoms with E-state index in [1.165, 1.54) is 4.90 Å². The number of ether oxygens (including phenoxy) is 3.